The third-order valence-electron chi connectivity index (χ3n) is 1.67. The molecule has 0 N–H and O–H groups in total. The maximum Gasteiger partial charge on any atom is 1.00 e. The molecule has 0 aliphatic heterocycles. The van der Waals surface area contributed by atoms with E-state index < -0.39 is 6.98 Å². The number of rotatable bonds is 1. The SMILES string of the molecule is F[B-](F)(F)C=C1CCCC1.[K+]. The largest absolute Gasteiger partial charge is 1.00 e. The van der Waals surface area contributed by atoms with Crippen LogP contribution in [0.4, 0.5) is 12.9 Å². The Balaban J connectivity index is 0.000001000. The summed E-state index contributed by atoms with van der Waals surface area (Å²) in [6, 6.07) is 0. The van der Waals surface area contributed by atoms with Crippen LogP contribution in [0.25, 0.3) is 0 Å². The Morgan fingerprint density at radius 2 is 1.55 bits per heavy atom. The van der Waals surface area contributed by atoms with E-state index in [1.807, 2.05) is 0 Å². The molecule has 1 aliphatic rings. The monoisotopic (exact) mass is 188 g/mol. The zero-order valence-corrected chi connectivity index (χ0v) is 9.74. The molecule has 0 unspecified atom stereocenters. The van der Waals surface area contributed by atoms with E-state index in [9.17, 15) is 12.9 Å². The van der Waals surface area contributed by atoms with Crippen molar-refractivity contribution in [2.24, 2.45) is 0 Å². The van der Waals surface area contributed by atoms with Crippen LogP contribution in [0.2, 0.25) is 0 Å². The summed E-state index contributed by atoms with van der Waals surface area (Å²) in [4.78, 5) is 0. The molecule has 5 heteroatoms. The van der Waals surface area contributed by atoms with Gasteiger partial charge in [-0.05, 0) is 25.7 Å². The van der Waals surface area contributed by atoms with Crippen LogP contribution in [0.1, 0.15) is 25.7 Å². The van der Waals surface area contributed by atoms with Crippen molar-refractivity contribution in [3.05, 3.63) is 11.5 Å². The van der Waals surface area contributed by atoms with Crippen LogP contribution in [0.15, 0.2) is 11.5 Å². The van der Waals surface area contributed by atoms with Gasteiger partial charge in [0.1, 0.15) is 0 Å². The van der Waals surface area contributed by atoms with Crippen molar-refractivity contribution in [1.29, 1.82) is 0 Å². The molecule has 1 rings (SSSR count). The van der Waals surface area contributed by atoms with Gasteiger partial charge in [0, 0.05) is 0 Å². The molecule has 0 nitrogen and oxygen atoms in total. The number of hydrogen-bond donors (Lipinski definition) is 0. The van der Waals surface area contributed by atoms with Crippen LogP contribution < -0.4 is 51.4 Å². The van der Waals surface area contributed by atoms with E-state index in [2.05, 4.69) is 0 Å². The minimum absolute atomic E-state index is 0. The second-order valence-corrected chi connectivity index (χ2v) is 2.66. The Hall–Kier alpha value is 1.23. The van der Waals surface area contributed by atoms with Gasteiger partial charge in [-0.25, -0.2) is 0 Å². The van der Waals surface area contributed by atoms with Crippen LogP contribution in [-0.2, 0) is 0 Å². The molecule has 0 aromatic rings. The molecule has 0 bridgehead atoms. The van der Waals surface area contributed by atoms with E-state index in [1.54, 1.807) is 0 Å². The van der Waals surface area contributed by atoms with Crippen molar-refractivity contribution < 1.29 is 64.3 Å². The molecule has 0 spiro atoms. The summed E-state index contributed by atoms with van der Waals surface area (Å²) in [7, 11) is 0. The topological polar surface area (TPSA) is 0 Å². The molecule has 0 aromatic heterocycles. The Kier molecular flexibility index (Phi) is 5.64. The molecule has 1 fully saturated rings. The van der Waals surface area contributed by atoms with Crippen LogP contribution in [0, 0.1) is 0 Å². The van der Waals surface area contributed by atoms with Crippen LogP contribution in [0.5, 0.6) is 0 Å². The van der Waals surface area contributed by atoms with Crippen LogP contribution in [-0.4, -0.2) is 6.98 Å². The molecule has 11 heavy (non-hydrogen) atoms. The zero-order valence-electron chi connectivity index (χ0n) is 6.62. The second-order valence-electron chi connectivity index (χ2n) is 2.66. The van der Waals surface area contributed by atoms with E-state index in [0.717, 1.165) is 12.8 Å². The van der Waals surface area contributed by atoms with Crippen molar-refractivity contribution in [1.82, 2.24) is 0 Å². The van der Waals surface area contributed by atoms with Gasteiger partial charge in [-0.1, -0.05) is 0 Å². The molecule has 0 saturated heterocycles. The summed E-state index contributed by atoms with van der Waals surface area (Å²) in [6.07, 6.45) is 3.17. The van der Waals surface area contributed by atoms with Gasteiger partial charge in [-0.3, -0.25) is 0 Å². The smallest absolute Gasteiger partial charge is 0.445 e. The van der Waals surface area contributed by atoms with E-state index in [0.29, 0.717) is 24.4 Å². The van der Waals surface area contributed by atoms with Crippen LogP contribution in [0.3, 0.4) is 0 Å². The summed E-state index contributed by atoms with van der Waals surface area (Å²) in [5.74, 6) is 0.507. The predicted octanol–water partition coefficient (Wildman–Crippen LogP) is -0.123. The summed E-state index contributed by atoms with van der Waals surface area (Å²) in [5, 5.41) is 0. The van der Waals surface area contributed by atoms with E-state index in [-0.39, 0.29) is 51.4 Å². The van der Waals surface area contributed by atoms with Crippen LogP contribution >= 0.6 is 0 Å². The molecule has 0 amide bonds. The Morgan fingerprint density at radius 1 is 1.09 bits per heavy atom. The molecule has 1 aliphatic carbocycles. The molecule has 0 radical (unpaired) electrons. The van der Waals surface area contributed by atoms with Gasteiger partial charge in [-0.2, -0.15) is 0 Å². The van der Waals surface area contributed by atoms with Gasteiger partial charge in [0.15, 0.2) is 0 Å². The number of allylic oxidation sites excluding steroid dienone is 1. The Bertz CT molecular complexity index is 144. The van der Waals surface area contributed by atoms with E-state index in [1.165, 1.54) is 0 Å². The van der Waals surface area contributed by atoms with Gasteiger partial charge < -0.3 is 12.9 Å². The van der Waals surface area contributed by atoms with Gasteiger partial charge in [0.2, 0.25) is 0 Å². The first-order valence-electron chi connectivity index (χ1n) is 3.48. The zero-order chi connectivity index (χ0) is 7.61. The number of hydrogen-bond acceptors (Lipinski definition) is 0. The predicted molar refractivity (Wildman–Crippen MR) is 35.6 cm³/mol. The van der Waals surface area contributed by atoms with Crippen molar-refractivity contribution in [2.75, 3.05) is 0 Å². The normalized spacial score (nSPS) is 17.9. The van der Waals surface area contributed by atoms with Gasteiger partial charge in [-0.15, -0.1) is 11.5 Å². The first-order chi connectivity index (χ1) is 4.58. The van der Waals surface area contributed by atoms with E-state index in [4.69, 9.17) is 0 Å². The molecule has 58 valence electrons. The minimum atomic E-state index is -4.68. The summed E-state index contributed by atoms with van der Waals surface area (Å²) >= 11 is 0. The average molecular weight is 188 g/mol. The fourth-order valence-electron chi connectivity index (χ4n) is 1.26. The molecule has 0 aromatic carbocycles. The quantitative estimate of drug-likeness (QED) is 0.503. The molecular formula is C6H9BF3K. The third-order valence-corrected chi connectivity index (χ3v) is 1.67. The Labute approximate surface area is 107 Å². The maximum atomic E-state index is 11.7. The third kappa shape index (κ3) is 5.47. The van der Waals surface area contributed by atoms with Crippen molar-refractivity contribution in [3.63, 3.8) is 0 Å². The average Bonchev–Trinajstić information content (AvgIpc) is 2.12. The molecular weight excluding hydrogens is 179 g/mol. The summed E-state index contributed by atoms with van der Waals surface area (Å²) in [6.45, 7) is -4.68. The van der Waals surface area contributed by atoms with Crippen molar-refractivity contribution in [2.45, 2.75) is 25.7 Å². The molecule has 0 heterocycles. The van der Waals surface area contributed by atoms with E-state index >= 15 is 0 Å². The van der Waals surface area contributed by atoms with Crippen molar-refractivity contribution in [3.8, 4) is 0 Å². The summed E-state index contributed by atoms with van der Waals surface area (Å²) < 4.78 is 35.1. The van der Waals surface area contributed by atoms with Crippen molar-refractivity contribution >= 4 is 6.98 Å². The van der Waals surface area contributed by atoms with Gasteiger partial charge in [0.25, 0.3) is 0 Å². The fourth-order valence-corrected chi connectivity index (χ4v) is 1.26. The molecule has 0 atom stereocenters. The fraction of sp³-hybridized carbons (Fsp3) is 0.667. The maximum absolute atomic E-state index is 11.7. The first kappa shape index (κ1) is 12.2. The first-order valence-corrected chi connectivity index (χ1v) is 3.48. The standard InChI is InChI=1S/C6H9BF3.K/c8-7(9,10)5-6-3-1-2-4-6;/h5H,1-4H2;/q-1;+1. The van der Waals surface area contributed by atoms with Gasteiger partial charge >= 0.3 is 58.4 Å². The minimum Gasteiger partial charge on any atom is -0.445 e. The second kappa shape index (κ2) is 5.07. The Morgan fingerprint density at radius 3 is 1.91 bits per heavy atom. The summed E-state index contributed by atoms with van der Waals surface area (Å²) in [5.41, 5.74) is 0.590. The number of halogens is 3. The molecule has 1 saturated carbocycles. The van der Waals surface area contributed by atoms with Gasteiger partial charge in [0.05, 0.1) is 0 Å².